The molecule has 17 heavy (non-hydrogen) atoms. The average Bonchev–Trinajstić information content (AvgIpc) is 2.23. The topological polar surface area (TPSA) is 69.7 Å². The van der Waals surface area contributed by atoms with Crippen LogP contribution >= 0.6 is 23.8 Å². The van der Waals surface area contributed by atoms with Crippen LogP contribution in [0.25, 0.3) is 0 Å². The summed E-state index contributed by atoms with van der Waals surface area (Å²) in [6.45, 7) is 5.52. The molecular formula is C10H16O5S2. The highest BCUT2D eigenvalue weighted by atomic mass is 32.2. The monoisotopic (exact) mass is 280 g/mol. The molecule has 0 atom stereocenters. The van der Waals surface area contributed by atoms with Gasteiger partial charge in [0.1, 0.15) is 6.42 Å². The van der Waals surface area contributed by atoms with Gasteiger partial charge in [-0.25, -0.2) is 0 Å². The summed E-state index contributed by atoms with van der Waals surface area (Å²) >= 11 is 1.54. The molecule has 0 spiro atoms. The number of carbonyl (C=O) groups is 3. The van der Waals surface area contributed by atoms with Crippen molar-refractivity contribution in [1.82, 2.24) is 0 Å². The van der Waals surface area contributed by atoms with Gasteiger partial charge >= 0.3 is 5.97 Å². The molecule has 0 heterocycles. The van der Waals surface area contributed by atoms with E-state index in [0.29, 0.717) is 12.0 Å². The van der Waals surface area contributed by atoms with E-state index in [1.54, 1.807) is 20.8 Å². The van der Waals surface area contributed by atoms with E-state index >= 15 is 0 Å². The Kier molecular flexibility index (Phi) is 9.20. The van der Waals surface area contributed by atoms with Crippen LogP contribution in [0.3, 0.4) is 0 Å². The molecular weight excluding hydrogens is 264 g/mol. The minimum atomic E-state index is -0.559. The molecule has 0 saturated carbocycles. The van der Waals surface area contributed by atoms with E-state index in [-0.39, 0.29) is 35.1 Å². The normalized spacial score (nSPS) is 10.4. The summed E-state index contributed by atoms with van der Waals surface area (Å²) in [5.74, 6) is -0.921. The third-order valence-electron chi connectivity index (χ3n) is 1.31. The highest BCUT2D eigenvalue weighted by molar-refractivity contribution is 8.37. The molecule has 5 nitrogen and oxygen atoms in total. The Hall–Kier alpha value is -0.530. The molecule has 0 aliphatic carbocycles. The van der Waals surface area contributed by atoms with Crippen LogP contribution in [0.2, 0.25) is 0 Å². The molecule has 0 aliphatic rings. The fourth-order valence-electron chi connectivity index (χ4n) is 0.723. The fraction of sp³-hybridized carbons (Fsp3) is 0.700. The van der Waals surface area contributed by atoms with Gasteiger partial charge in [-0.3, -0.25) is 14.4 Å². The number of ether oxygens (including phenoxy) is 1. The lowest BCUT2D eigenvalue weighted by Crippen LogP contribution is -2.13. The van der Waals surface area contributed by atoms with Crippen LogP contribution in [0.15, 0.2) is 0 Å². The van der Waals surface area contributed by atoms with Crippen molar-refractivity contribution < 1.29 is 23.3 Å². The zero-order valence-corrected chi connectivity index (χ0v) is 11.7. The first kappa shape index (κ1) is 16.5. The molecule has 0 aromatic rings. The molecule has 0 bridgehead atoms. The molecule has 98 valence electrons. The molecule has 0 amide bonds. The van der Waals surface area contributed by atoms with Crippen molar-refractivity contribution in [3.63, 3.8) is 0 Å². The number of carbonyl (C=O) groups excluding carboxylic acids is 3. The van der Waals surface area contributed by atoms with Gasteiger partial charge in [0.2, 0.25) is 0 Å². The number of rotatable bonds is 7. The minimum Gasteiger partial charge on any atom is -0.466 e. The second-order valence-corrected chi connectivity index (χ2v) is 5.22. The van der Waals surface area contributed by atoms with Crippen molar-refractivity contribution in [1.29, 1.82) is 0 Å². The standard InChI is InChI=1S/C10H16O5S2/c1-4-14-9(12)5-8(11)6-16-10(13)17-15-7(2)3/h7H,4-6H2,1-3H3. The van der Waals surface area contributed by atoms with Gasteiger partial charge in [-0.05, 0) is 20.8 Å². The van der Waals surface area contributed by atoms with E-state index in [0.717, 1.165) is 11.8 Å². The summed E-state index contributed by atoms with van der Waals surface area (Å²) in [5.41, 5.74) is 0. The van der Waals surface area contributed by atoms with Crippen molar-refractivity contribution >= 4 is 40.0 Å². The fourth-order valence-corrected chi connectivity index (χ4v) is 1.86. The number of hydrogen-bond acceptors (Lipinski definition) is 7. The molecule has 0 N–H and O–H groups in total. The van der Waals surface area contributed by atoms with Gasteiger partial charge in [0.15, 0.2) is 5.78 Å². The van der Waals surface area contributed by atoms with Crippen molar-refractivity contribution in [2.45, 2.75) is 33.3 Å². The number of ketones is 1. The summed E-state index contributed by atoms with van der Waals surface area (Å²) in [7, 11) is 0. The Labute approximate surface area is 109 Å². The first-order valence-electron chi connectivity index (χ1n) is 5.13. The quantitative estimate of drug-likeness (QED) is 0.403. The molecule has 0 rings (SSSR count). The van der Waals surface area contributed by atoms with Crippen LogP contribution in [-0.4, -0.2) is 34.7 Å². The van der Waals surface area contributed by atoms with Crippen LogP contribution in [0.4, 0.5) is 4.79 Å². The highest BCUT2D eigenvalue weighted by Crippen LogP contribution is 2.19. The smallest absolute Gasteiger partial charge is 0.313 e. The Balaban J connectivity index is 3.69. The lowest BCUT2D eigenvalue weighted by atomic mass is 10.3. The number of thioether (sulfide) groups is 1. The van der Waals surface area contributed by atoms with E-state index < -0.39 is 5.97 Å². The number of hydrogen-bond donors (Lipinski definition) is 0. The van der Waals surface area contributed by atoms with E-state index in [9.17, 15) is 14.4 Å². The summed E-state index contributed by atoms with van der Waals surface area (Å²) in [4.78, 5) is 33.4. The van der Waals surface area contributed by atoms with Crippen LogP contribution in [0.1, 0.15) is 27.2 Å². The Morgan fingerprint density at radius 2 is 1.88 bits per heavy atom. The predicted octanol–water partition coefficient (Wildman–Crippen LogP) is 2.44. The Morgan fingerprint density at radius 3 is 2.41 bits per heavy atom. The maximum Gasteiger partial charge on any atom is 0.313 e. The molecule has 0 aromatic heterocycles. The molecule has 0 fully saturated rings. The third kappa shape index (κ3) is 10.3. The molecule has 0 aromatic carbocycles. The van der Waals surface area contributed by atoms with Crippen LogP contribution in [0, 0.1) is 0 Å². The molecule has 7 heteroatoms. The lowest BCUT2D eigenvalue weighted by molar-refractivity contribution is -0.145. The largest absolute Gasteiger partial charge is 0.466 e. The van der Waals surface area contributed by atoms with Gasteiger partial charge in [0.05, 0.1) is 30.5 Å². The Morgan fingerprint density at radius 1 is 1.24 bits per heavy atom. The average molecular weight is 280 g/mol. The van der Waals surface area contributed by atoms with Crippen LogP contribution < -0.4 is 0 Å². The highest BCUT2D eigenvalue weighted by Gasteiger charge is 2.13. The molecule has 0 saturated heterocycles. The van der Waals surface area contributed by atoms with Gasteiger partial charge in [-0.1, -0.05) is 11.8 Å². The molecule has 0 unspecified atom stereocenters. The first-order valence-corrected chi connectivity index (χ1v) is 6.85. The van der Waals surface area contributed by atoms with E-state index in [4.69, 9.17) is 4.18 Å². The van der Waals surface area contributed by atoms with Crippen molar-refractivity contribution in [2.24, 2.45) is 0 Å². The van der Waals surface area contributed by atoms with Gasteiger partial charge in [0, 0.05) is 0 Å². The summed E-state index contributed by atoms with van der Waals surface area (Å²) < 4.78 is 9.32. The van der Waals surface area contributed by atoms with Gasteiger partial charge in [-0.15, -0.1) is 0 Å². The van der Waals surface area contributed by atoms with Gasteiger partial charge in [-0.2, -0.15) is 0 Å². The minimum absolute atomic E-state index is 0.0356. The summed E-state index contributed by atoms with van der Waals surface area (Å²) in [6.07, 6.45) is -0.344. The van der Waals surface area contributed by atoms with Crippen molar-refractivity contribution in [2.75, 3.05) is 12.4 Å². The lowest BCUT2D eigenvalue weighted by Gasteiger charge is -2.03. The predicted molar refractivity (Wildman–Crippen MR) is 67.9 cm³/mol. The summed E-state index contributed by atoms with van der Waals surface area (Å²) in [6, 6.07) is 0. The van der Waals surface area contributed by atoms with E-state index in [1.807, 2.05) is 0 Å². The second kappa shape index (κ2) is 9.49. The van der Waals surface area contributed by atoms with E-state index in [1.165, 1.54) is 0 Å². The van der Waals surface area contributed by atoms with Crippen LogP contribution in [0.5, 0.6) is 0 Å². The Bertz CT molecular complexity index is 278. The maximum atomic E-state index is 11.2. The zero-order valence-electron chi connectivity index (χ0n) is 10.1. The second-order valence-electron chi connectivity index (χ2n) is 3.29. The van der Waals surface area contributed by atoms with E-state index in [2.05, 4.69) is 4.74 Å². The van der Waals surface area contributed by atoms with Crippen LogP contribution in [-0.2, 0) is 18.5 Å². The van der Waals surface area contributed by atoms with Gasteiger partial charge < -0.3 is 8.92 Å². The first-order chi connectivity index (χ1) is 7.95. The zero-order chi connectivity index (χ0) is 13.3. The van der Waals surface area contributed by atoms with Gasteiger partial charge in [0.25, 0.3) is 4.45 Å². The van der Waals surface area contributed by atoms with Crippen molar-refractivity contribution in [3.05, 3.63) is 0 Å². The van der Waals surface area contributed by atoms with Crippen molar-refractivity contribution in [3.8, 4) is 0 Å². The third-order valence-corrected chi connectivity index (χ3v) is 3.18. The summed E-state index contributed by atoms with van der Waals surface area (Å²) in [5, 5.41) is 0. The number of Topliss-reactive ketones (excluding diaryl/α,β-unsaturated/α-hetero) is 1. The SMILES string of the molecule is CCOC(=O)CC(=O)CSC(=O)SOC(C)C. The number of esters is 1. The molecule has 0 aliphatic heterocycles. The maximum absolute atomic E-state index is 11.2. The molecule has 0 radical (unpaired) electrons.